The van der Waals surface area contributed by atoms with Gasteiger partial charge >= 0.3 is 5.97 Å². The van der Waals surface area contributed by atoms with Gasteiger partial charge in [0, 0.05) is 23.9 Å². The topological polar surface area (TPSA) is 81.8 Å². The zero-order valence-corrected chi connectivity index (χ0v) is 20.2. The normalized spacial score (nSPS) is 11.3. The van der Waals surface area contributed by atoms with Crippen LogP contribution in [0.2, 0.25) is 0 Å². The maximum atomic E-state index is 12.7. The Bertz CT molecular complexity index is 1330. The summed E-state index contributed by atoms with van der Waals surface area (Å²) in [6.45, 7) is 14.7. The highest BCUT2D eigenvalue weighted by atomic mass is 32.2. The van der Waals surface area contributed by atoms with Crippen LogP contribution in [0.3, 0.4) is 0 Å². The van der Waals surface area contributed by atoms with Gasteiger partial charge in [0.25, 0.3) is 0 Å². The number of nitrogens with one attached hydrogen (secondary N) is 1. The molecular weight excluding hydrogens is 438 g/mol. The summed E-state index contributed by atoms with van der Waals surface area (Å²) in [5, 5.41) is -0.567. The lowest BCUT2D eigenvalue weighted by Gasteiger charge is -2.15. The van der Waals surface area contributed by atoms with Crippen LogP contribution in [0.25, 0.3) is 27.1 Å². The predicted molar refractivity (Wildman–Crippen MR) is 131 cm³/mol. The lowest BCUT2D eigenvalue weighted by Crippen LogP contribution is -2.22. The monoisotopic (exact) mass is 465 g/mol. The predicted octanol–water partition coefficient (Wildman–Crippen LogP) is 5.55. The van der Waals surface area contributed by atoms with Crippen LogP contribution in [0.15, 0.2) is 48.5 Å². The van der Waals surface area contributed by atoms with Crippen molar-refractivity contribution in [2.45, 2.75) is 32.9 Å². The second-order valence-electron chi connectivity index (χ2n) is 7.87. The van der Waals surface area contributed by atoms with Crippen molar-refractivity contribution < 1.29 is 17.9 Å². The molecule has 3 aromatic rings. The molecule has 2 aromatic carbocycles. The van der Waals surface area contributed by atoms with Gasteiger partial charge in [-0.3, -0.25) is 4.72 Å². The number of sulfonamides is 1. The molecule has 3 rings (SSSR count). The molecule has 1 N–H and O–H groups in total. The average Bonchev–Trinajstić information content (AvgIpc) is 3.04. The lowest BCUT2D eigenvalue weighted by atomic mass is 9.98. The first-order valence-corrected chi connectivity index (χ1v) is 12.1. The largest absolute Gasteiger partial charge is 0.461 e. The number of hydrogen-bond acceptors (Lipinski definition) is 4. The molecule has 0 saturated carbocycles. The van der Waals surface area contributed by atoms with E-state index in [0.717, 1.165) is 11.1 Å². The first-order valence-electron chi connectivity index (χ1n) is 10.6. The van der Waals surface area contributed by atoms with E-state index < -0.39 is 21.2 Å². The zero-order valence-electron chi connectivity index (χ0n) is 19.3. The highest BCUT2D eigenvalue weighted by Crippen LogP contribution is 2.40. The molecule has 0 bridgehead atoms. The van der Waals surface area contributed by atoms with E-state index >= 15 is 0 Å². The molecule has 0 aliphatic carbocycles. The second kappa shape index (κ2) is 9.51. The van der Waals surface area contributed by atoms with E-state index in [4.69, 9.17) is 11.3 Å². The summed E-state index contributed by atoms with van der Waals surface area (Å²) in [6, 6.07) is 14.5. The van der Waals surface area contributed by atoms with E-state index in [9.17, 15) is 13.2 Å². The fraction of sp³-hybridized carbons (Fsp3) is 0.280. The first-order chi connectivity index (χ1) is 15.6. The molecule has 0 aliphatic heterocycles. The van der Waals surface area contributed by atoms with E-state index in [1.807, 2.05) is 36.4 Å². The van der Waals surface area contributed by atoms with Crippen LogP contribution in [0.5, 0.6) is 0 Å². The van der Waals surface area contributed by atoms with E-state index in [1.165, 1.54) is 0 Å². The molecule has 0 radical (unpaired) electrons. The zero-order chi connectivity index (χ0) is 24.3. The van der Waals surface area contributed by atoms with E-state index in [2.05, 4.69) is 9.57 Å². The second-order valence-corrected chi connectivity index (χ2v) is 10.1. The minimum absolute atomic E-state index is 0.234. The molecule has 0 atom stereocenters. The van der Waals surface area contributed by atoms with E-state index in [1.54, 1.807) is 51.4 Å². The van der Waals surface area contributed by atoms with Crippen molar-refractivity contribution in [2.24, 2.45) is 7.05 Å². The number of esters is 1. The van der Waals surface area contributed by atoms with Crippen LogP contribution in [0.4, 0.5) is 11.4 Å². The van der Waals surface area contributed by atoms with Crippen molar-refractivity contribution in [3.05, 3.63) is 71.3 Å². The van der Waals surface area contributed by atoms with Crippen molar-refractivity contribution in [1.29, 1.82) is 0 Å². The molecular formula is C25H27N3O4S. The molecule has 8 heteroatoms. The fourth-order valence-corrected chi connectivity index (χ4v) is 4.27. The van der Waals surface area contributed by atoms with Crippen LogP contribution in [0.1, 0.15) is 37.0 Å². The van der Waals surface area contributed by atoms with Gasteiger partial charge < -0.3 is 9.30 Å². The molecule has 172 valence electrons. The van der Waals surface area contributed by atoms with Gasteiger partial charge in [-0.1, -0.05) is 42.5 Å². The number of para-hydroxylation sites is 1. The number of carbonyl (C=O) groups is 1. The molecule has 7 nitrogen and oxygen atoms in total. The summed E-state index contributed by atoms with van der Waals surface area (Å²) in [6.07, 6.45) is 0. The van der Waals surface area contributed by atoms with Crippen LogP contribution in [-0.4, -0.2) is 30.8 Å². The van der Waals surface area contributed by atoms with Gasteiger partial charge in [-0.05, 0) is 44.9 Å². The van der Waals surface area contributed by atoms with Crippen LogP contribution in [0, 0.1) is 13.5 Å². The van der Waals surface area contributed by atoms with Gasteiger partial charge in [0.1, 0.15) is 5.69 Å². The maximum Gasteiger partial charge on any atom is 0.354 e. The quantitative estimate of drug-likeness (QED) is 0.367. The molecule has 0 aliphatic rings. The Labute approximate surface area is 194 Å². The Hall–Kier alpha value is -3.57. The van der Waals surface area contributed by atoms with Gasteiger partial charge in [0.2, 0.25) is 15.7 Å². The van der Waals surface area contributed by atoms with E-state index in [0.29, 0.717) is 33.9 Å². The Kier molecular flexibility index (Phi) is 6.94. The number of ether oxygens (including phenoxy) is 1. The number of rotatable bonds is 7. The third-order valence-electron chi connectivity index (χ3n) is 5.52. The van der Waals surface area contributed by atoms with Crippen LogP contribution >= 0.6 is 0 Å². The van der Waals surface area contributed by atoms with E-state index in [-0.39, 0.29) is 6.61 Å². The number of carbonyl (C=O) groups excluding carboxylic acids is 1. The maximum absolute atomic E-state index is 12.7. The summed E-state index contributed by atoms with van der Waals surface area (Å²) < 4.78 is 34.4. The summed E-state index contributed by atoms with van der Waals surface area (Å²) in [5.41, 5.74) is 4.67. The third-order valence-corrected chi connectivity index (χ3v) is 7.27. The minimum atomic E-state index is -3.50. The number of anilines is 1. The number of nitrogens with zero attached hydrogens (tertiary/aromatic N) is 2. The summed E-state index contributed by atoms with van der Waals surface area (Å²) in [4.78, 5) is 16.3. The van der Waals surface area contributed by atoms with Crippen LogP contribution < -0.4 is 4.72 Å². The van der Waals surface area contributed by atoms with Gasteiger partial charge in [-0.2, -0.15) is 0 Å². The number of aromatic nitrogens is 1. The summed E-state index contributed by atoms with van der Waals surface area (Å²) >= 11 is 0. The third kappa shape index (κ3) is 4.64. The molecule has 1 heterocycles. The molecule has 0 fully saturated rings. The first kappa shape index (κ1) is 24.1. The van der Waals surface area contributed by atoms with Crippen molar-refractivity contribution >= 4 is 27.4 Å². The Morgan fingerprint density at radius 3 is 2.30 bits per heavy atom. The molecule has 0 amide bonds. The van der Waals surface area contributed by atoms with Gasteiger partial charge in [-0.25, -0.2) is 18.1 Å². The SMILES string of the molecule is [C-]#[N+]c1c(-c2ccc(-c3ccccc3NS(=O)(=O)C(C)C)cc2)c(C(=O)OCC)n(C)c1C. The Balaban J connectivity index is 2.09. The molecule has 0 unspecified atom stereocenters. The summed E-state index contributed by atoms with van der Waals surface area (Å²) in [7, 11) is -1.76. The lowest BCUT2D eigenvalue weighted by molar-refractivity contribution is 0.0516. The van der Waals surface area contributed by atoms with Gasteiger partial charge in [-0.15, -0.1) is 0 Å². The number of hydrogen-bond donors (Lipinski definition) is 1. The van der Waals surface area contributed by atoms with Gasteiger partial charge in [0.15, 0.2) is 0 Å². The molecule has 0 spiro atoms. The van der Waals surface area contributed by atoms with Gasteiger partial charge in [0.05, 0.1) is 24.1 Å². The smallest absolute Gasteiger partial charge is 0.354 e. The average molecular weight is 466 g/mol. The highest BCUT2D eigenvalue weighted by Gasteiger charge is 2.26. The Morgan fingerprint density at radius 1 is 1.12 bits per heavy atom. The molecule has 1 aromatic heterocycles. The van der Waals surface area contributed by atoms with Crippen molar-refractivity contribution in [3.8, 4) is 22.3 Å². The number of benzene rings is 2. The highest BCUT2D eigenvalue weighted by molar-refractivity contribution is 7.93. The summed E-state index contributed by atoms with van der Waals surface area (Å²) in [5.74, 6) is -0.481. The molecule has 33 heavy (non-hydrogen) atoms. The molecule has 0 saturated heterocycles. The van der Waals surface area contributed by atoms with Crippen molar-refractivity contribution in [2.75, 3.05) is 11.3 Å². The van der Waals surface area contributed by atoms with Crippen molar-refractivity contribution in [1.82, 2.24) is 4.57 Å². The standard InChI is InChI=1S/C25H27N3O4S/c1-7-32-25(29)24-22(23(26-5)17(4)28(24)6)19-14-12-18(13-15-19)20-10-8-9-11-21(20)27-33(30,31)16(2)3/h8-16,27H,7H2,1-4,6H3. The van der Waals surface area contributed by atoms with Crippen LogP contribution in [-0.2, 0) is 21.8 Å². The minimum Gasteiger partial charge on any atom is -0.461 e. The van der Waals surface area contributed by atoms with Crippen molar-refractivity contribution in [3.63, 3.8) is 0 Å². The fourth-order valence-electron chi connectivity index (χ4n) is 3.55. The Morgan fingerprint density at radius 2 is 1.73 bits per heavy atom.